The lowest BCUT2D eigenvalue weighted by atomic mass is 9.55. The molecular weight excluding hydrogens is 805 g/mol. The Bertz CT molecular complexity index is 2310. The van der Waals surface area contributed by atoms with Gasteiger partial charge in [0.05, 0.1) is 18.2 Å². The van der Waals surface area contributed by atoms with Gasteiger partial charge in [0.25, 0.3) is 0 Å². The van der Waals surface area contributed by atoms with Crippen molar-refractivity contribution in [3.05, 3.63) is 126 Å². The van der Waals surface area contributed by atoms with Gasteiger partial charge in [-0.1, -0.05) is 110 Å². The first-order chi connectivity index (χ1) is 31.4. The molecule has 64 heavy (non-hydrogen) atoms. The summed E-state index contributed by atoms with van der Waals surface area (Å²) in [5.41, 5.74) is 4.27. The first kappa shape index (κ1) is 45.3. The van der Waals surface area contributed by atoms with E-state index >= 15 is 4.79 Å². The molecule has 1 amide bonds. The van der Waals surface area contributed by atoms with E-state index in [2.05, 4.69) is 49.1 Å². The Labute approximate surface area is 377 Å². The number of ether oxygens (including phenoxy) is 3. The van der Waals surface area contributed by atoms with Gasteiger partial charge in [0, 0.05) is 49.6 Å². The van der Waals surface area contributed by atoms with Crippen molar-refractivity contribution < 1.29 is 38.9 Å². The van der Waals surface area contributed by atoms with Crippen LogP contribution in [-0.2, 0) is 20.9 Å². The number of aliphatic hydroxyl groups excluding tert-OH is 2. The van der Waals surface area contributed by atoms with Gasteiger partial charge in [-0.25, -0.2) is 0 Å². The summed E-state index contributed by atoms with van der Waals surface area (Å²) in [6.07, 6.45) is 15.9. The van der Waals surface area contributed by atoms with E-state index in [0.717, 1.165) is 84.4 Å². The third-order valence-electron chi connectivity index (χ3n) is 14.2. The van der Waals surface area contributed by atoms with Crippen LogP contribution in [0.2, 0.25) is 0 Å². The summed E-state index contributed by atoms with van der Waals surface area (Å²) in [7, 11) is 1.58. The third kappa shape index (κ3) is 9.56. The molecule has 1 aliphatic heterocycles. The van der Waals surface area contributed by atoms with Gasteiger partial charge in [-0.3, -0.25) is 9.59 Å². The zero-order valence-electron chi connectivity index (χ0n) is 37.2. The molecule has 0 aromatic heterocycles. The standard InChI is InChI=1S/C54H64N2O8/c1-3-30-62-54-50(56(51(60)27-24-37-14-4-5-15-37)35-41-20-13-19-39-17-6-7-22-44(39)41)34-48(55-61-2)46-32-40(18-8-10-28-57)45(23-9-11-29-58)52(53(46)54)47-33-43(25-26-49(47)64-54)63-42-21-12-16-38(31-42)36-59/h3,6-7,12-13,16-17,19-22,25-26,31-33,36-37,40,45,50,52-53,57-58H,1,4-5,8-11,14-15,18,23-24,27-30,34-35H2,2H3. The second-order valence-corrected chi connectivity index (χ2v) is 18.1. The molecule has 2 N–H and O–H groups in total. The van der Waals surface area contributed by atoms with E-state index in [1.165, 1.54) is 12.8 Å². The highest BCUT2D eigenvalue weighted by Gasteiger charge is 2.65. The summed E-state index contributed by atoms with van der Waals surface area (Å²) in [5.74, 6) is 0.535. The number of allylic oxidation sites excluding steroid dienone is 1. The highest BCUT2D eigenvalue weighted by molar-refractivity contribution is 6.03. The van der Waals surface area contributed by atoms with Crippen LogP contribution in [-0.4, -0.2) is 71.8 Å². The molecule has 4 aromatic rings. The van der Waals surface area contributed by atoms with E-state index in [9.17, 15) is 15.0 Å². The molecule has 10 heteroatoms. The molecule has 2 fully saturated rings. The van der Waals surface area contributed by atoms with Crippen LogP contribution in [0.4, 0.5) is 0 Å². The summed E-state index contributed by atoms with van der Waals surface area (Å²) >= 11 is 0. The van der Waals surface area contributed by atoms with E-state index in [1.54, 1.807) is 31.4 Å². The molecule has 2 saturated carbocycles. The Balaban J connectivity index is 1.32. The Morgan fingerprint density at radius 1 is 0.922 bits per heavy atom. The maximum absolute atomic E-state index is 15.3. The first-order valence-corrected chi connectivity index (χ1v) is 23.5. The number of hydrogen-bond donors (Lipinski definition) is 2. The molecule has 3 aliphatic carbocycles. The number of carbonyl (C=O) groups excluding carboxylic acids is 2. The van der Waals surface area contributed by atoms with Crippen LogP contribution < -0.4 is 9.47 Å². The number of fused-ring (bicyclic) bond motifs is 3. The minimum Gasteiger partial charge on any atom is -0.459 e. The predicted octanol–water partition coefficient (Wildman–Crippen LogP) is 10.7. The summed E-state index contributed by atoms with van der Waals surface area (Å²) in [5, 5.41) is 27.0. The molecular formula is C54H64N2O8. The van der Waals surface area contributed by atoms with Gasteiger partial charge in [-0.05, 0) is 102 Å². The zero-order chi connectivity index (χ0) is 44.5. The summed E-state index contributed by atoms with van der Waals surface area (Å²) in [6.45, 7) is 4.84. The minimum absolute atomic E-state index is 0.0556. The number of benzene rings is 4. The smallest absolute Gasteiger partial charge is 0.239 e. The highest BCUT2D eigenvalue weighted by Crippen LogP contribution is 2.62. The molecule has 0 spiro atoms. The van der Waals surface area contributed by atoms with Gasteiger partial charge in [0.15, 0.2) is 0 Å². The normalized spacial score (nSPS) is 24.3. The second kappa shape index (κ2) is 21.1. The van der Waals surface area contributed by atoms with Crippen molar-refractivity contribution >= 4 is 28.7 Å². The molecule has 6 atom stereocenters. The zero-order valence-corrected chi connectivity index (χ0v) is 37.2. The SMILES string of the molecule is C=CCOC12Oc3ccc(Oc4cccc(C=O)c4)cc3C3C(CCCCO)C(CCCCO)C=C(C(=NOC)CC1N(Cc1cccc4ccccc14)C(=O)CCC1CCCC1)C32. The number of oxime groups is 1. The molecule has 0 bridgehead atoms. The van der Waals surface area contributed by atoms with Gasteiger partial charge in [0.1, 0.15) is 36.7 Å². The van der Waals surface area contributed by atoms with Crippen LogP contribution >= 0.6 is 0 Å². The summed E-state index contributed by atoms with van der Waals surface area (Å²) in [4.78, 5) is 34.8. The molecule has 6 unspecified atom stereocenters. The Morgan fingerprint density at radius 3 is 2.47 bits per heavy atom. The number of aldehydes is 1. The number of nitrogens with zero attached hydrogens (tertiary/aromatic N) is 2. The first-order valence-electron chi connectivity index (χ1n) is 23.5. The van der Waals surface area contributed by atoms with E-state index < -0.39 is 17.7 Å². The van der Waals surface area contributed by atoms with Crippen molar-refractivity contribution in [3.63, 3.8) is 0 Å². The Morgan fingerprint density at radius 2 is 1.69 bits per heavy atom. The number of amides is 1. The van der Waals surface area contributed by atoms with Gasteiger partial charge < -0.3 is 34.2 Å². The summed E-state index contributed by atoms with van der Waals surface area (Å²) in [6, 6.07) is 27.0. The van der Waals surface area contributed by atoms with Crippen molar-refractivity contribution in [2.45, 2.75) is 108 Å². The van der Waals surface area contributed by atoms with Crippen LogP contribution in [0.3, 0.4) is 0 Å². The molecule has 4 aromatic carbocycles. The van der Waals surface area contributed by atoms with Crippen molar-refractivity contribution in [1.82, 2.24) is 4.90 Å². The van der Waals surface area contributed by atoms with Gasteiger partial charge in [-0.15, -0.1) is 6.58 Å². The lowest BCUT2D eigenvalue weighted by Gasteiger charge is -2.60. The van der Waals surface area contributed by atoms with Gasteiger partial charge in [-0.2, -0.15) is 0 Å². The largest absolute Gasteiger partial charge is 0.459 e. The van der Waals surface area contributed by atoms with Crippen LogP contribution in [0.25, 0.3) is 10.8 Å². The Kier molecular flexibility index (Phi) is 15.0. The molecule has 1 heterocycles. The second-order valence-electron chi connectivity index (χ2n) is 18.1. The number of rotatable bonds is 21. The monoisotopic (exact) mass is 868 g/mol. The number of unbranched alkanes of at least 4 members (excludes halogenated alkanes) is 2. The average molecular weight is 869 g/mol. The van der Waals surface area contributed by atoms with E-state index in [-0.39, 0.29) is 43.5 Å². The fourth-order valence-electron chi connectivity index (χ4n) is 11.4. The van der Waals surface area contributed by atoms with Crippen LogP contribution in [0.1, 0.15) is 111 Å². The highest BCUT2D eigenvalue weighted by atomic mass is 16.7. The van der Waals surface area contributed by atoms with E-state index in [0.29, 0.717) is 61.0 Å². The van der Waals surface area contributed by atoms with Crippen molar-refractivity contribution in [2.24, 2.45) is 28.8 Å². The molecule has 4 aliphatic rings. The fourth-order valence-corrected chi connectivity index (χ4v) is 11.4. The molecule has 338 valence electrons. The summed E-state index contributed by atoms with van der Waals surface area (Å²) < 4.78 is 21.2. The van der Waals surface area contributed by atoms with Crippen LogP contribution in [0.15, 0.2) is 114 Å². The maximum Gasteiger partial charge on any atom is 0.239 e. The van der Waals surface area contributed by atoms with Gasteiger partial charge in [0.2, 0.25) is 11.7 Å². The van der Waals surface area contributed by atoms with Crippen molar-refractivity contribution in [1.29, 1.82) is 0 Å². The number of carbonyl (C=O) groups is 2. The molecule has 0 radical (unpaired) electrons. The minimum atomic E-state index is -1.37. The predicted molar refractivity (Wildman–Crippen MR) is 250 cm³/mol. The molecule has 10 nitrogen and oxygen atoms in total. The van der Waals surface area contributed by atoms with E-state index in [1.807, 2.05) is 35.2 Å². The van der Waals surface area contributed by atoms with E-state index in [4.69, 9.17) is 24.2 Å². The average Bonchev–Trinajstić information content (AvgIpc) is 3.85. The van der Waals surface area contributed by atoms with Crippen LogP contribution in [0, 0.1) is 23.7 Å². The number of aliphatic hydroxyl groups is 2. The third-order valence-corrected chi connectivity index (χ3v) is 14.2. The Hall–Kier alpha value is -5.29. The number of hydrogen-bond acceptors (Lipinski definition) is 9. The lowest BCUT2D eigenvalue weighted by Crippen LogP contribution is -2.70. The topological polar surface area (TPSA) is 127 Å². The molecule has 0 saturated heterocycles. The molecule has 8 rings (SSSR count). The van der Waals surface area contributed by atoms with Gasteiger partial charge >= 0.3 is 0 Å². The maximum atomic E-state index is 15.3. The van der Waals surface area contributed by atoms with Crippen LogP contribution in [0.5, 0.6) is 17.2 Å². The fraction of sp³-hybridized carbons (Fsp3) is 0.463. The quantitative estimate of drug-likeness (QED) is 0.0367. The van der Waals surface area contributed by atoms with Crippen molar-refractivity contribution in [2.75, 3.05) is 26.9 Å². The lowest BCUT2D eigenvalue weighted by molar-refractivity contribution is -0.258. The van der Waals surface area contributed by atoms with Crippen molar-refractivity contribution in [3.8, 4) is 17.2 Å².